The van der Waals surface area contributed by atoms with Crippen molar-refractivity contribution in [3.8, 4) is 5.75 Å². The van der Waals surface area contributed by atoms with Crippen molar-refractivity contribution in [3.63, 3.8) is 0 Å². The van der Waals surface area contributed by atoms with Gasteiger partial charge in [0, 0.05) is 48.6 Å². The number of carbonyl (C=O) groups excluding carboxylic acids is 2. The zero-order valence-electron chi connectivity index (χ0n) is 19.4. The molecule has 0 bridgehead atoms. The number of benzene rings is 2. The highest BCUT2D eigenvalue weighted by atomic mass is 35.5. The van der Waals surface area contributed by atoms with Gasteiger partial charge in [-0.2, -0.15) is 0 Å². The van der Waals surface area contributed by atoms with Gasteiger partial charge in [-0.1, -0.05) is 17.7 Å². The van der Waals surface area contributed by atoms with Crippen LogP contribution in [0.1, 0.15) is 35.2 Å². The third-order valence-corrected chi connectivity index (χ3v) is 7.17. The minimum absolute atomic E-state index is 0.0871. The van der Waals surface area contributed by atoms with E-state index in [4.69, 9.17) is 21.1 Å². The van der Waals surface area contributed by atoms with E-state index in [-0.39, 0.29) is 11.8 Å². The van der Waals surface area contributed by atoms with Gasteiger partial charge in [0.25, 0.3) is 5.91 Å². The number of rotatable bonds is 6. The maximum absolute atomic E-state index is 13.6. The van der Waals surface area contributed by atoms with E-state index >= 15 is 0 Å². The second-order valence-electron chi connectivity index (χ2n) is 9.17. The average molecular weight is 489 g/mol. The van der Waals surface area contributed by atoms with Crippen LogP contribution < -0.4 is 4.74 Å². The van der Waals surface area contributed by atoms with Crippen LogP contribution in [0.5, 0.6) is 5.75 Å². The Bertz CT molecular complexity index is 1030. The molecule has 2 aromatic rings. The molecule has 0 N–H and O–H groups in total. The van der Waals surface area contributed by atoms with E-state index < -0.39 is 11.2 Å². The van der Waals surface area contributed by atoms with Crippen LogP contribution in [0.25, 0.3) is 0 Å². The Labute approximate surface area is 204 Å². The SMILES string of the molecule is Cc1cc(OCC2(CC(=O)N3CCOCC3)CCN(C(=O)c3cccc(F)c3)CC2)ccc1Cl. The molecule has 2 fully saturated rings. The zero-order valence-corrected chi connectivity index (χ0v) is 20.2. The van der Waals surface area contributed by atoms with Gasteiger partial charge in [-0.15, -0.1) is 0 Å². The number of halogens is 2. The van der Waals surface area contributed by atoms with Crippen LogP contribution in [0.2, 0.25) is 5.02 Å². The van der Waals surface area contributed by atoms with Gasteiger partial charge >= 0.3 is 0 Å². The number of piperidine rings is 1. The van der Waals surface area contributed by atoms with Crippen molar-refractivity contribution in [3.05, 3.63) is 64.4 Å². The fraction of sp³-hybridized carbons (Fsp3) is 0.462. The standard InChI is InChI=1S/C26H30ClFN2O4/c1-19-15-22(5-6-23(19)27)34-18-26(17-24(31)29-11-13-33-14-12-29)7-9-30(10-8-26)25(32)20-3-2-4-21(28)16-20/h2-6,15-16H,7-14,17-18H2,1H3. The molecule has 2 saturated heterocycles. The number of nitrogens with zero attached hydrogens (tertiary/aromatic N) is 2. The molecule has 34 heavy (non-hydrogen) atoms. The van der Waals surface area contributed by atoms with Crippen LogP contribution in [0.15, 0.2) is 42.5 Å². The maximum atomic E-state index is 13.6. The quantitative estimate of drug-likeness (QED) is 0.607. The summed E-state index contributed by atoms with van der Waals surface area (Å²) in [5.41, 5.74) is 0.861. The van der Waals surface area contributed by atoms with Crippen LogP contribution in [0.4, 0.5) is 4.39 Å². The van der Waals surface area contributed by atoms with E-state index in [1.807, 2.05) is 24.0 Å². The molecule has 2 aliphatic rings. The van der Waals surface area contributed by atoms with Crippen LogP contribution >= 0.6 is 11.6 Å². The molecule has 0 saturated carbocycles. The van der Waals surface area contributed by atoms with Crippen molar-refractivity contribution in [1.82, 2.24) is 9.80 Å². The van der Waals surface area contributed by atoms with Crippen molar-refractivity contribution in [2.75, 3.05) is 46.0 Å². The van der Waals surface area contributed by atoms with Crippen molar-refractivity contribution in [2.24, 2.45) is 5.41 Å². The molecule has 6 nitrogen and oxygen atoms in total. The summed E-state index contributed by atoms with van der Waals surface area (Å²) < 4.78 is 25.2. The number of likely N-dealkylation sites (tertiary alicyclic amines) is 1. The number of hydrogen-bond donors (Lipinski definition) is 0. The fourth-order valence-corrected chi connectivity index (χ4v) is 4.67. The second-order valence-corrected chi connectivity index (χ2v) is 9.58. The Morgan fingerprint density at radius 3 is 2.47 bits per heavy atom. The lowest BCUT2D eigenvalue weighted by molar-refractivity contribution is -0.139. The van der Waals surface area contributed by atoms with E-state index in [0.717, 1.165) is 5.56 Å². The van der Waals surface area contributed by atoms with Crippen LogP contribution in [-0.2, 0) is 9.53 Å². The van der Waals surface area contributed by atoms with Crippen molar-refractivity contribution < 1.29 is 23.5 Å². The molecule has 2 amide bonds. The minimum atomic E-state index is -0.431. The largest absolute Gasteiger partial charge is 0.493 e. The first kappa shape index (κ1) is 24.5. The van der Waals surface area contributed by atoms with Gasteiger partial charge in [-0.3, -0.25) is 9.59 Å². The Kier molecular flexibility index (Phi) is 7.73. The first-order valence-corrected chi connectivity index (χ1v) is 12.0. The molecule has 0 aliphatic carbocycles. The van der Waals surface area contributed by atoms with E-state index in [2.05, 4.69) is 0 Å². The number of hydrogen-bond acceptors (Lipinski definition) is 4. The normalized spacial score (nSPS) is 18.0. The van der Waals surface area contributed by atoms with Crippen molar-refractivity contribution >= 4 is 23.4 Å². The number of aryl methyl sites for hydroxylation is 1. The fourth-order valence-electron chi connectivity index (χ4n) is 4.55. The monoisotopic (exact) mass is 488 g/mol. The average Bonchev–Trinajstić information content (AvgIpc) is 2.85. The van der Waals surface area contributed by atoms with E-state index in [0.29, 0.717) is 81.6 Å². The Morgan fingerprint density at radius 1 is 1.06 bits per heavy atom. The van der Waals surface area contributed by atoms with Crippen molar-refractivity contribution in [2.45, 2.75) is 26.2 Å². The topological polar surface area (TPSA) is 59.1 Å². The molecule has 0 atom stereocenters. The van der Waals surface area contributed by atoms with Gasteiger partial charge in [-0.05, 0) is 61.7 Å². The number of morpholine rings is 1. The van der Waals surface area contributed by atoms with Crippen LogP contribution in [0.3, 0.4) is 0 Å². The van der Waals surface area contributed by atoms with Gasteiger partial charge < -0.3 is 19.3 Å². The molecule has 0 unspecified atom stereocenters. The molecule has 0 aromatic heterocycles. The first-order chi connectivity index (χ1) is 16.3. The summed E-state index contributed by atoms with van der Waals surface area (Å²) >= 11 is 6.14. The predicted octanol–water partition coefficient (Wildman–Crippen LogP) is 4.34. The number of amides is 2. The summed E-state index contributed by atoms with van der Waals surface area (Å²) in [6, 6.07) is 11.3. The Hall–Kier alpha value is -2.64. The number of ether oxygens (including phenoxy) is 2. The minimum Gasteiger partial charge on any atom is -0.493 e. The molecular weight excluding hydrogens is 459 g/mol. The van der Waals surface area contributed by atoms with Gasteiger partial charge in [0.05, 0.1) is 19.8 Å². The van der Waals surface area contributed by atoms with Gasteiger partial charge in [-0.25, -0.2) is 4.39 Å². The molecule has 2 heterocycles. The molecule has 0 radical (unpaired) electrons. The summed E-state index contributed by atoms with van der Waals surface area (Å²) in [4.78, 5) is 29.6. The zero-order chi connectivity index (χ0) is 24.1. The number of carbonyl (C=O) groups is 2. The van der Waals surface area contributed by atoms with Crippen LogP contribution in [-0.4, -0.2) is 67.6 Å². The summed E-state index contributed by atoms with van der Waals surface area (Å²) in [5, 5.41) is 0.675. The predicted molar refractivity (Wildman–Crippen MR) is 128 cm³/mol. The highest BCUT2D eigenvalue weighted by Crippen LogP contribution is 2.37. The molecule has 4 rings (SSSR count). The smallest absolute Gasteiger partial charge is 0.253 e. The lowest BCUT2D eigenvalue weighted by atomic mass is 9.75. The summed E-state index contributed by atoms with van der Waals surface area (Å²) in [7, 11) is 0. The van der Waals surface area contributed by atoms with E-state index in [1.54, 1.807) is 23.1 Å². The van der Waals surface area contributed by atoms with Crippen molar-refractivity contribution in [1.29, 1.82) is 0 Å². The Morgan fingerprint density at radius 2 is 1.79 bits per heavy atom. The summed E-state index contributed by atoms with van der Waals surface area (Å²) in [6.45, 7) is 5.54. The highest BCUT2D eigenvalue weighted by Gasteiger charge is 2.40. The van der Waals surface area contributed by atoms with Gasteiger partial charge in [0.2, 0.25) is 5.91 Å². The third kappa shape index (κ3) is 5.88. The lowest BCUT2D eigenvalue weighted by Gasteiger charge is -2.42. The van der Waals surface area contributed by atoms with E-state index in [9.17, 15) is 14.0 Å². The molecule has 2 aromatic carbocycles. The second kappa shape index (κ2) is 10.7. The van der Waals surface area contributed by atoms with Crippen LogP contribution in [0, 0.1) is 18.2 Å². The molecule has 8 heteroatoms. The van der Waals surface area contributed by atoms with Gasteiger partial charge in [0.1, 0.15) is 11.6 Å². The summed E-state index contributed by atoms with van der Waals surface area (Å²) in [5.74, 6) is 0.171. The first-order valence-electron chi connectivity index (χ1n) is 11.6. The Balaban J connectivity index is 1.46. The summed E-state index contributed by atoms with van der Waals surface area (Å²) in [6.07, 6.45) is 1.59. The lowest BCUT2D eigenvalue weighted by Crippen LogP contribution is -2.49. The molecule has 2 aliphatic heterocycles. The maximum Gasteiger partial charge on any atom is 0.253 e. The van der Waals surface area contributed by atoms with E-state index in [1.165, 1.54) is 12.1 Å². The molecule has 182 valence electrons. The van der Waals surface area contributed by atoms with Gasteiger partial charge in [0.15, 0.2) is 0 Å². The molecule has 0 spiro atoms. The third-order valence-electron chi connectivity index (χ3n) is 6.75. The molecular formula is C26H30ClFN2O4. The highest BCUT2D eigenvalue weighted by molar-refractivity contribution is 6.31.